The Balaban J connectivity index is 2.45. The first-order chi connectivity index (χ1) is 9.66. The number of rotatable bonds is 4. The van der Waals surface area contributed by atoms with Gasteiger partial charge in [0.15, 0.2) is 0 Å². The Bertz CT molecular complexity index is 469. The van der Waals surface area contributed by atoms with Crippen molar-refractivity contribution in [3.63, 3.8) is 0 Å². The maximum atomic E-state index is 11.4. The Morgan fingerprint density at radius 1 is 1.05 bits per heavy atom. The maximum Gasteiger partial charge on any atom is 0.115 e. The molecule has 0 aromatic heterocycles. The molecule has 0 heterocycles. The average molecular weight is 292 g/mol. The Labute approximate surface area is 128 Å². The number of hydrogen-bond acceptors (Lipinski definition) is 2. The second kappa shape index (κ2) is 5.62. The molecular formula is C18H30NO2+. The van der Waals surface area contributed by atoms with E-state index in [-0.39, 0.29) is 11.2 Å². The van der Waals surface area contributed by atoms with E-state index in [2.05, 4.69) is 28.1 Å². The van der Waals surface area contributed by atoms with E-state index in [1.165, 1.54) is 6.42 Å². The first kappa shape index (κ1) is 16.3. The van der Waals surface area contributed by atoms with Crippen molar-refractivity contribution in [3.05, 3.63) is 29.8 Å². The van der Waals surface area contributed by atoms with Gasteiger partial charge in [-0.05, 0) is 37.5 Å². The predicted molar refractivity (Wildman–Crippen MR) is 86.4 cm³/mol. The lowest BCUT2D eigenvalue weighted by Crippen LogP contribution is -2.59. The summed E-state index contributed by atoms with van der Waals surface area (Å²) in [6.45, 7) is 3.06. The third-order valence-corrected chi connectivity index (χ3v) is 5.00. The number of aliphatic hydroxyl groups is 1. The van der Waals surface area contributed by atoms with Gasteiger partial charge in [0.1, 0.15) is 5.75 Å². The Kier molecular flexibility index (Phi) is 4.36. The van der Waals surface area contributed by atoms with Gasteiger partial charge in [0, 0.05) is 0 Å². The Morgan fingerprint density at radius 3 is 2.05 bits per heavy atom. The number of phenols is 1. The zero-order valence-corrected chi connectivity index (χ0v) is 13.9. The molecule has 3 nitrogen and oxygen atoms in total. The molecule has 1 atom stereocenters. The van der Waals surface area contributed by atoms with Gasteiger partial charge in [-0.2, -0.15) is 0 Å². The minimum Gasteiger partial charge on any atom is -0.508 e. The van der Waals surface area contributed by atoms with E-state index < -0.39 is 5.60 Å². The van der Waals surface area contributed by atoms with Crippen LogP contribution in [0.25, 0.3) is 0 Å². The third-order valence-electron chi connectivity index (χ3n) is 5.00. The van der Waals surface area contributed by atoms with Crippen LogP contribution in [0.5, 0.6) is 5.75 Å². The molecule has 0 bridgehead atoms. The lowest BCUT2D eigenvalue weighted by Gasteiger charge is -2.49. The third kappa shape index (κ3) is 3.41. The average Bonchev–Trinajstić information content (AvgIpc) is 2.38. The molecule has 0 amide bonds. The molecule has 21 heavy (non-hydrogen) atoms. The van der Waals surface area contributed by atoms with E-state index in [0.29, 0.717) is 0 Å². The number of nitrogens with zero attached hydrogens (tertiary/aromatic N) is 1. The molecule has 0 spiro atoms. The Morgan fingerprint density at radius 2 is 1.57 bits per heavy atom. The first-order valence-electron chi connectivity index (χ1n) is 7.99. The van der Waals surface area contributed by atoms with E-state index in [1.54, 1.807) is 12.1 Å². The fourth-order valence-corrected chi connectivity index (χ4v) is 3.97. The van der Waals surface area contributed by atoms with Crippen molar-refractivity contribution in [1.82, 2.24) is 0 Å². The van der Waals surface area contributed by atoms with Crippen molar-refractivity contribution in [2.24, 2.45) is 0 Å². The summed E-state index contributed by atoms with van der Waals surface area (Å²) in [6.07, 6.45) is 5.15. The molecule has 0 radical (unpaired) electrons. The molecule has 0 saturated heterocycles. The number of quaternary nitrogens is 1. The fourth-order valence-electron chi connectivity index (χ4n) is 3.97. The Hall–Kier alpha value is -1.06. The molecule has 0 aliphatic heterocycles. The molecule has 2 N–H and O–H groups in total. The summed E-state index contributed by atoms with van der Waals surface area (Å²) < 4.78 is 0.805. The van der Waals surface area contributed by atoms with Crippen molar-refractivity contribution < 1.29 is 14.7 Å². The highest BCUT2D eigenvalue weighted by Gasteiger charge is 2.51. The van der Waals surface area contributed by atoms with Crippen LogP contribution in [0.3, 0.4) is 0 Å². The fraction of sp³-hybridized carbons (Fsp3) is 0.667. The zero-order chi connectivity index (χ0) is 15.7. The number of phenolic OH excluding ortho intramolecular Hbond substituents is 1. The summed E-state index contributed by atoms with van der Waals surface area (Å²) in [7, 11) is 6.51. The summed E-state index contributed by atoms with van der Waals surface area (Å²) in [6, 6.07) is 7.40. The van der Waals surface area contributed by atoms with Gasteiger partial charge in [0.2, 0.25) is 0 Å². The molecule has 3 heteroatoms. The first-order valence-corrected chi connectivity index (χ1v) is 7.99. The van der Waals surface area contributed by atoms with Crippen molar-refractivity contribution in [1.29, 1.82) is 0 Å². The lowest BCUT2D eigenvalue weighted by molar-refractivity contribution is -0.875. The molecule has 1 fully saturated rings. The number of aromatic hydroxyl groups is 1. The van der Waals surface area contributed by atoms with Crippen LogP contribution < -0.4 is 0 Å². The quantitative estimate of drug-likeness (QED) is 0.837. The van der Waals surface area contributed by atoms with Gasteiger partial charge in [-0.3, -0.25) is 0 Å². The van der Waals surface area contributed by atoms with Crippen LogP contribution in [0.1, 0.15) is 44.6 Å². The summed E-state index contributed by atoms with van der Waals surface area (Å²) in [5, 5.41) is 21.0. The standard InChI is InChI=1S/C18H29NO2/c1-17(14-19(2,3)4,15-8-10-16(20)11-9-15)18(21)12-6-5-7-13-18/h8-11,21H,5-7,12-14H2,1-4H3/p+1. The molecule has 1 aliphatic rings. The molecule has 2 rings (SSSR count). The van der Waals surface area contributed by atoms with Gasteiger partial charge < -0.3 is 14.7 Å². The van der Waals surface area contributed by atoms with E-state index in [9.17, 15) is 10.2 Å². The number of benzene rings is 1. The van der Waals surface area contributed by atoms with Gasteiger partial charge in [0.05, 0.1) is 38.7 Å². The minimum atomic E-state index is -0.659. The monoisotopic (exact) mass is 292 g/mol. The molecule has 1 saturated carbocycles. The molecule has 1 unspecified atom stereocenters. The van der Waals surface area contributed by atoms with Crippen LogP contribution in [-0.2, 0) is 5.41 Å². The van der Waals surface area contributed by atoms with Crippen LogP contribution in [-0.4, -0.2) is 48.0 Å². The van der Waals surface area contributed by atoms with E-state index in [1.807, 2.05) is 12.1 Å². The topological polar surface area (TPSA) is 40.5 Å². The highest BCUT2D eigenvalue weighted by Crippen LogP contribution is 2.45. The SMILES string of the molecule is CC(C[N+](C)(C)C)(c1ccc(O)cc1)C1(O)CCCCC1. The van der Waals surface area contributed by atoms with Crippen molar-refractivity contribution in [3.8, 4) is 5.75 Å². The van der Waals surface area contributed by atoms with E-state index in [4.69, 9.17) is 0 Å². The minimum absolute atomic E-state index is 0.280. The maximum absolute atomic E-state index is 11.4. The van der Waals surface area contributed by atoms with Crippen LogP contribution in [0.2, 0.25) is 0 Å². The molecule has 1 aromatic carbocycles. The van der Waals surface area contributed by atoms with Crippen LogP contribution in [0.4, 0.5) is 0 Å². The predicted octanol–water partition coefficient (Wildman–Crippen LogP) is 3.05. The molecule has 1 aromatic rings. The highest BCUT2D eigenvalue weighted by molar-refractivity contribution is 5.34. The van der Waals surface area contributed by atoms with Crippen LogP contribution in [0.15, 0.2) is 24.3 Å². The van der Waals surface area contributed by atoms with Gasteiger partial charge in [-0.1, -0.05) is 31.4 Å². The highest BCUT2D eigenvalue weighted by atomic mass is 16.3. The number of likely N-dealkylation sites (N-methyl/N-ethyl adjacent to an activating group) is 1. The van der Waals surface area contributed by atoms with Crippen LogP contribution >= 0.6 is 0 Å². The zero-order valence-electron chi connectivity index (χ0n) is 13.9. The normalized spacial score (nSPS) is 21.8. The molecule has 118 valence electrons. The van der Waals surface area contributed by atoms with Crippen molar-refractivity contribution in [2.75, 3.05) is 27.7 Å². The number of hydrogen-bond donors (Lipinski definition) is 2. The van der Waals surface area contributed by atoms with Gasteiger partial charge in [-0.25, -0.2) is 0 Å². The second-order valence-electron chi connectivity index (χ2n) is 7.92. The summed E-state index contributed by atoms with van der Waals surface area (Å²) in [5.41, 5.74) is 0.158. The van der Waals surface area contributed by atoms with Crippen LogP contribution in [0, 0.1) is 0 Å². The largest absolute Gasteiger partial charge is 0.508 e. The molecular weight excluding hydrogens is 262 g/mol. The summed E-state index contributed by atoms with van der Waals surface area (Å²) in [5.74, 6) is 0.280. The van der Waals surface area contributed by atoms with Gasteiger partial charge in [-0.15, -0.1) is 0 Å². The van der Waals surface area contributed by atoms with Crippen molar-refractivity contribution >= 4 is 0 Å². The van der Waals surface area contributed by atoms with Gasteiger partial charge in [0.25, 0.3) is 0 Å². The second-order valence-corrected chi connectivity index (χ2v) is 7.92. The summed E-state index contributed by atoms with van der Waals surface area (Å²) in [4.78, 5) is 0. The van der Waals surface area contributed by atoms with E-state index >= 15 is 0 Å². The van der Waals surface area contributed by atoms with E-state index in [0.717, 1.165) is 42.3 Å². The lowest BCUT2D eigenvalue weighted by atomic mass is 9.62. The van der Waals surface area contributed by atoms with Crippen molar-refractivity contribution in [2.45, 2.75) is 50.0 Å². The molecule has 1 aliphatic carbocycles. The van der Waals surface area contributed by atoms with Gasteiger partial charge >= 0.3 is 0 Å². The smallest absolute Gasteiger partial charge is 0.115 e. The summed E-state index contributed by atoms with van der Waals surface area (Å²) >= 11 is 0.